The van der Waals surface area contributed by atoms with Crippen LogP contribution in [-0.4, -0.2) is 20.9 Å². The second-order valence-electron chi connectivity index (χ2n) is 5.38. The van der Waals surface area contributed by atoms with E-state index in [0.717, 1.165) is 11.1 Å². The van der Waals surface area contributed by atoms with Crippen LogP contribution < -0.4 is 10.0 Å². The van der Waals surface area contributed by atoms with E-state index >= 15 is 0 Å². The van der Waals surface area contributed by atoms with Gasteiger partial charge >= 0.3 is 0 Å². The number of hydrogen-bond donors (Lipinski definition) is 2. The number of rotatable bonds is 6. The molecule has 0 saturated heterocycles. The lowest BCUT2D eigenvalue weighted by atomic mass is 10.1. The van der Waals surface area contributed by atoms with E-state index in [9.17, 15) is 13.2 Å². The van der Waals surface area contributed by atoms with Gasteiger partial charge in [-0.2, -0.15) is 0 Å². The Morgan fingerprint density at radius 3 is 2.58 bits per heavy atom. The zero-order valence-corrected chi connectivity index (χ0v) is 14.5. The molecule has 0 unspecified atom stereocenters. The first kappa shape index (κ1) is 17.7. The molecule has 5 nitrogen and oxygen atoms in total. The summed E-state index contributed by atoms with van der Waals surface area (Å²) in [7, 11) is -3.78. The fraction of sp³-hybridized carbons (Fsp3) is 0.167. The van der Waals surface area contributed by atoms with Gasteiger partial charge in [-0.25, -0.2) is 8.42 Å². The molecule has 0 fully saturated rings. The number of benzene rings is 2. The normalized spacial score (nSPS) is 10.9. The Labute approximate surface area is 142 Å². The van der Waals surface area contributed by atoms with Crippen LogP contribution in [0.5, 0.6) is 0 Å². The average Bonchev–Trinajstić information content (AvgIpc) is 2.57. The van der Waals surface area contributed by atoms with Crippen molar-refractivity contribution < 1.29 is 13.2 Å². The molecule has 0 aliphatic carbocycles. The van der Waals surface area contributed by atoms with Crippen molar-refractivity contribution in [3.05, 3.63) is 71.8 Å². The summed E-state index contributed by atoms with van der Waals surface area (Å²) in [6, 6.07) is 11.3. The smallest absolute Gasteiger partial charge is 0.261 e. The molecule has 0 atom stereocenters. The number of anilines is 1. The molecule has 0 spiro atoms. The molecule has 24 heavy (non-hydrogen) atoms. The molecule has 0 aliphatic rings. The molecule has 0 radical (unpaired) electrons. The van der Waals surface area contributed by atoms with Crippen molar-refractivity contribution in [2.45, 2.75) is 18.7 Å². The van der Waals surface area contributed by atoms with Gasteiger partial charge < -0.3 is 5.32 Å². The van der Waals surface area contributed by atoms with Gasteiger partial charge in [-0.15, -0.1) is 6.58 Å². The molecular weight excluding hydrogens is 324 g/mol. The molecule has 0 bridgehead atoms. The Morgan fingerprint density at radius 2 is 1.88 bits per heavy atom. The second kappa shape index (κ2) is 7.31. The van der Waals surface area contributed by atoms with Crippen LogP contribution in [0.3, 0.4) is 0 Å². The van der Waals surface area contributed by atoms with E-state index in [1.165, 1.54) is 12.1 Å². The molecule has 126 valence electrons. The third-order valence-electron chi connectivity index (χ3n) is 3.66. The fourth-order valence-corrected chi connectivity index (χ4v) is 3.31. The number of aryl methyl sites for hydroxylation is 1. The Balaban J connectivity index is 2.31. The van der Waals surface area contributed by atoms with Crippen LogP contribution in [0.1, 0.15) is 21.5 Å². The highest BCUT2D eigenvalue weighted by molar-refractivity contribution is 7.92. The summed E-state index contributed by atoms with van der Waals surface area (Å²) in [5.74, 6) is -0.348. The Morgan fingerprint density at radius 1 is 1.17 bits per heavy atom. The van der Waals surface area contributed by atoms with Gasteiger partial charge in [0.2, 0.25) is 0 Å². The van der Waals surface area contributed by atoms with Crippen molar-refractivity contribution in [2.24, 2.45) is 0 Å². The summed E-state index contributed by atoms with van der Waals surface area (Å²) in [5, 5.41) is 2.62. The van der Waals surface area contributed by atoms with Crippen LogP contribution in [0.15, 0.2) is 60.0 Å². The van der Waals surface area contributed by atoms with Gasteiger partial charge in [0.05, 0.1) is 10.6 Å². The highest BCUT2D eigenvalue weighted by Gasteiger charge is 2.17. The lowest BCUT2D eigenvalue weighted by Crippen LogP contribution is -2.23. The summed E-state index contributed by atoms with van der Waals surface area (Å²) in [6.45, 7) is 7.61. The van der Waals surface area contributed by atoms with Crippen molar-refractivity contribution in [3.8, 4) is 0 Å². The first-order valence-electron chi connectivity index (χ1n) is 7.43. The maximum atomic E-state index is 12.6. The summed E-state index contributed by atoms with van der Waals surface area (Å²) >= 11 is 0. The number of carbonyl (C=O) groups is 1. The highest BCUT2D eigenvalue weighted by Crippen LogP contribution is 2.22. The average molecular weight is 344 g/mol. The van der Waals surface area contributed by atoms with Crippen LogP contribution in [0.4, 0.5) is 5.69 Å². The van der Waals surface area contributed by atoms with Gasteiger partial charge in [-0.3, -0.25) is 9.52 Å². The van der Waals surface area contributed by atoms with Crippen molar-refractivity contribution in [3.63, 3.8) is 0 Å². The van der Waals surface area contributed by atoms with E-state index in [2.05, 4.69) is 16.6 Å². The van der Waals surface area contributed by atoms with Crippen LogP contribution in [0, 0.1) is 13.8 Å². The van der Waals surface area contributed by atoms with Crippen LogP contribution >= 0.6 is 0 Å². The highest BCUT2D eigenvalue weighted by atomic mass is 32.2. The van der Waals surface area contributed by atoms with E-state index in [0.29, 0.717) is 12.2 Å². The van der Waals surface area contributed by atoms with Crippen molar-refractivity contribution in [1.29, 1.82) is 0 Å². The van der Waals surface area contributed by atoms with Gasteiger partial charge in [0.1, 0.15) is 0 Å². The Bertz CT molecular complexity index is 874. The SMILES string of the molecule is C=CCNC(=O)c1cccc(S(=O)(=O)Nc2cccc(C)c2C)c1. The summed E-state index contributed by atoms with van der Waals surface area (Å²) in [6.07, 6.45) is 1.56. The fourth-order valence-electron chi connectivity index (χ4n) is 2.14. The predicted molar refractivity (Wildman–Crippen MR) is 95.7 cm³/mol. The quantitative estimate of drug-likeness (QED) is 0.791. The minimum absolute atomic E-state index is 0.0367. The first-order chi connectivity index (χ1) is 11.3. The zero-order valence-electron chi connectivity index (χ0n) is 13.7. The van der Waals surface area contributed by atoms with Crippen molar-refractivity contribution >= 4 is 21.6 Å². The summed E-state index contributed by atoms with van der Waals surface area (Å²) in [4.78, 5) is 12.0. The molecule has 6 heteroatoms. The first-order valence-corrected chi connectivity index (χ1v) is 8.91. The number of hydrogen-bond acceptors (Lipinski definition) is 3. The predicted octanol–water partition coefficient (Wildman–Crippen LogP) is 3.02. The summed E-state index contributed by atoms with van der Waals surface area (Å²) in [5.41, 5.74) is 2.66. The minimum Gasteiger partial charge on any atom is -0.349 e. The van der Waals surface area contributed by atoms with Gasteiger partial charge in [0, 0.05) is 12.1 Å². The molecule has 2 rings (SSSR count). The standard InChI is InChI=1S/C18H20N2O3S/c1-4-11-19-18(21)15-8-6-9-16(12-15)24(22,23)20-17-10-5-7-13(2)14(17)3/h4-10,12,20H,1,11H2,2-3H3,(H,19,21). The number of carbonyl (C=O) groups excluding carboxylic acids is 1. The third kappa shape index (κ3) is 4.02. The molecule has 0 aliphatic heterocycles. The molecule has 0 aromatic heterocycles. The molecule has 2 aromatic carbocycles. The monoisotopic (exact) mass is 344 g/mol. The summed E-state index contributed by atoms with van der Waals surface area (Å²) < 4.78 is 27.8. The van der Waals surface area contributed by atoms with Crippen molar-refractivity contribution in [2.75, 3.05) is 11.3 Å². The lowest BCUT2D eigenvalue weighted by molar-refractivity contribution is 0.0958. The van der Waals surface area contributed by atoms with Gasteiger partial charge in [0.15, 0.2) is 0 Å². The van der Waals surface area contributed by atoms with E-state index in [4.69, 9.17) is 0 Å². The van der Waals surface area contributed by atoms with E-state index in [1.807, 2.05) is 19.9 Å². The maximum Gasteiger partial charge on any atom is 0.261 e. The van der Waals surface area contributed by atoms with Crippen LogP contribution in [0.25, 0.3) is 0 Å². The maximum absolute atomic E-state index is 12.6. The number of sulfonamides is 1. The van der Waals surface area contributed by atoms with E-state index in [1.54, 1.807) is 30.3 Å². The van der Waals surface area contributed by atoms with Crippen LogP contribution in [-0.2, 0) is 10.0 Å². The molecule has 2 N–H and O–H groups in total. The Kier molecular flexibility index (Phi) is 5.41. The molecule has 1 amide bonds. The minimum atomic E-state index is -3.78. The van der Waals surface area contributed by atoms with Gasteiger partial charge in [-0.05, 0) is 49.2 Å². The molecule has 0 heterocycles. The van der Waals surface area contributed by atoms with Gasteiger partial charge in [0.25, 0.3) is 15.9 Å². The molecule has 0 saturated carbocycles. The number of nitrogens with one attached hydrogen (secondary N) is 2. The van der Waals surface area contributed by atoms with E-state index in [-0.39, 0.29) is 16.4 Å². The topological polar surface area (TPSA) is 75.3 Å². The van der Waals surface area contributed by atoms with Crippen LogP contribution in [0.2, 0.25) is 0 Å². The Hall–Kier alpha value is -2.60. The third-order valence-corrected chi connectivity index (χ3v) is 5.03. The molecule has 2 aromatic rings. The van der Waals surface area contributed by atoms with E-state index < -0.39 is 10.0 Å². The van der Waals surface area contributed by atoms with Gasteiger partial charge in [-0.1, -0.05) is 24.3 Å². The number of amides is 1. The second-order valence-corrected chi connectivity index (χ2v) is 7.06. The van der Waals surface area contributed by atoms with Crippen molar-refractivity contribution in [1.82, 2.24) is 5.32 Å². The molecular formula is C18H20N2O3S. The zero-order chi connectivity index (χ0) is 17.7. The largest absolute Gasteiger partial charge is 0.349 e. The lowest BCUT2D eigenvalue weighted by Gasteiger charge is -2.12.